The van der Waals surface area contributed by atoms with E-state index in [0.29, 0.717) is 5.88 Å². The van der Waals surface area contributed by atoms with Gasteiger partial charge in [0.15, 0.2) is 0 Å². The Labute approximate surface area is 82.9 Å². The minimum absolute atomic E-state index is 0.0537. The highest BCUT2D eigenvalue weighted by Gasteiger charge is 2.01. The maximum Gasteiger partial charge on any atom is 0.221 e. The molecule has 1 amide bonds. The predicted octanol–water partition coefficient (Wildman–Crippen LogP) is 2.43. The zero-order chi connectivity index (χ0) is 9.68. The summed E-state index contributed by atoms with van der Waals surface area (Å²) in [6.45, 7) is 1.50. The fourth-order valence-corrected chi connectivity index (χ4v) is 1.36. The van der Waals surface area contributed by atoms with Gasteiger partial charge in [-0.3, -0.25) is 4.79 Å². The van der Waals surface area contributed by atoms with E-state index in [1.165, 1.54) is 6.92 Å². The summed E-state index contributed by atoms with van der Waals surface area (Å²) in [7, 11) is 0. The smallest absolute Gasteiger partial charge is 0.221 e. The quantitative estimate of drug-likeness (QED) is 0.741. The average Bonchev–Trinajstić information content (AvgIpc) is 2.08. The molecule has 1 aromatic rings. The summed E-state index contributed by atoms with van der Waals surface area (Å²) in [5, 5.41) is 2.76. The Bertz CT molecular complexity index is 299. The van der Waals surface area contributed by atoms with Gasteiger partial charge in [-0.25, -0.2) is 0 Å². The minimum atomic E-state index is -0.0537. The van der Waals surface area contributed by atoms with E-state index < -0.39 is 0 Å². The van der Waals surface area contributed by atoms with Crippen molar-refractivity contribution in [2.24, 2.45) is 0 Å². The van der Waals surface area contributed by atoms with Crippen LogP contribution in [0.2, 0.25) is 0 Å². The summed E-state index contributed by atoms with van der Waals surface area (Å²) in [6, 6.07) is 7.67. The molecule has 0 heterocycles. The van der Waals surface area contributed by atoms with Gasteiger partial charge in [0, 0.05) is 18.5 Å². The van der Waals surface area contributed by atoms with E-state index in [-0.39, 0.29) is 5.91 Å². The third kappa shape index (κ3) is 3.07. The van der Waals surface area contributed by atoms with Crippen LogP contribution in [0.25, 0.3) is 0 Å². The number of alkyl halides is 1. The second kappa shape index (κ2) is 4.87. The summed E-state index contributed by atoms with van der Waals surface area (Å²) in [4.78, 5) is 10.8. The number of carbonyl (C=O) groups excluding carboxylic acids is 1. The molecule has 0 aliphatic rings. The number of aryl methyl sites for hydroxylation is 1. The lowest BCUT2D eigenvalue weighted by atomic mass is 10.1. The van der Waals surface area contributed by atoms with Gasteiger partial charge in [-0.05, 0) is 18.1 Å². The number of benzene rings is 1. The topological polar surface area (TPSA) is 29.1 Å². The Hall–Kier alpha value is -1.02. The van der Waals surface area contributed by atoms with Crippen LogP contribution in [0.15, 0.2) is 24.3 Å². The number of halogens is 1. The number of carbonyl (C=O) groups is 1. The monoisotopic (exact) mass is 197 g/mol. The molecule has 3 heteroatoms. The van der Waals surface area contributed by atoms with Gasteiger partial charge in [-0.15, -0.1) is 11.6 Å². The van der Waals surface area contributed by atoms with Gasteiger partial charge in [-0.1, -0.05) is 18.2 Å². The van der Waals surface area contributed by atoms with E-state index in [0.717, 1.165) is 17.7 Å². The number of para-hydroxylation sites is 1. The van der Waals surface area contributed by atoms with Crippen LogP contribution in [0.4, 0.5) is 5.69 Å². The molecule has 0 saturated carbocycles. The highest BCUT2D eigenvalue weighted by atomic mass is 35.5. The molecular formula is C10H12ClNO. The highest BCUT2D eigenvalue weighted by Crippen LogP contribution is 2.15. The number of nitrogens with one attached hydrogen (secondary N) is 1. The molecule has 0 atom stereocenters. The first-order valence-corrected chi connectivity index (χ1v) is 4.69. The zero-order valence-corrected chi connectivity index (χ0v) is 8.27. The molecule has 0 radical (unpaired) electrons. The molecule has 1 N–H and O–H groups in total. The van der Waals surface area contributed by atoms with Gasteiger partial charge in [0.05, 0.1) is 0 Å². The molecule has 1 rings (SSSR count). The molecule has 0 spiro atoms. The van der Waals surface area contributed by atoms with E-state index in [1.54, 1.807) is 0 Å². The SMILES string of the molecule is CC(=O)Nc1ccccc1CCCl. The Balaban J connectivity index is 2.84. The van der Waals surface area contributed by atoms with Gasteiger partial charge in [0.1, 0.15) is 0 Å². The van der Waals surface area contributed by atoms with E-state index >= 15 is 0 Å². The van der Waals surface area contributed by atoms with Gasteiger partial charge in [0.2, 0.25) is 5.91 Å². The normalized spacial score (nSPS) is 9.69. The van der Waals surface area contributed by atoms with Crippen LogP contribution < -0.4 is 5.32 Å². The van der Waals surface area contributed by atoms with Crippen LogP contribution in [0.1, 0.15) is 12.5 Å². The van der Waals surface area contributed by atoms with Crippen LogP contribution in [0.3, 0.4) is 0 Å². The molecule has 1 aromatic carbocycles. The zero-order valence-electron chi connectivity index (χ0n) is 7.51. The Morgan fingerprint density at radius 1 is 1.46 bits per heavy atom. The van der Waals surface area contributed by atoms with Crippen molar-refractivity contribution in [2.45, 2.75) is 13.3 Å². The molecule has 70 valence electrons. The average molecular weight is 198 g/mol. The lowest BCUT2D eigenvalue weighted by Crippen LogP contribution is -2.08. The van der Waals surface area contributed by atoms with Crippen molar-refractivity contribution in [1.29, 1.82) is 0 Å². The fraction of sp³-hybridized carbons (Fsp3) is 0.300. The molecule has 0 saturated heterocycles. The maximum absolute atomic E-state index is 10.8. The highest BCUT2D eigenvalue weighted by molar-refractivity contribution is 6.18. The molecule has 0 bridgehead atoms. The molecule has 0 unspecified atom stereocenters. The largest absolute Gasteiger partial charge is 0.326 e. The van der Waals surface area contributed by atoms with Gasteiger partial charge in [-0.2, -0.15) is 0 Å². The number of anilines is 1. The van der Waals surface area contributed by atoms with Crippen molar-refractivity contribution < 1.29 is 4.79 Å². The standard InChI is InChI=1S/C10H12ClNO/c1-8(13)12-10-5-3-2-4-9(10)6-7-11/h2-5H,6-7H2,1H3,(H,12,13). The Morgan fingerprint density at radius 3 is 2.77 bits per heavy atom. The minimum Gasteiger partial charge on any atom is -0.326 e. The third-order valence-corrected chi connectivity index (χ3v) is 1.88. The van der Waals surface area contributed by atoms with Crippen molar-refractivity contribution in [3.05, 3.63) is 29.8 Å². The van der Waals surface area contributed by atoms with Crippen LogP contribution in [-0.4, -0.2) is 11.8 Å². The molecule has 2 nitrogen and oxygen atoms in total. The summed E-state index contributed by atoms with van der Waals surface area (Å²) >= 11 is 5.63. The van der Waals surface area contributed by atoms with E-state index in [1.807, 2.05) is 24.3 Å². The number of rotatable bonds is 3. The molecule has 0 aliphatic heterocycles. The first kappa shape index (κ1) is 10.1. The van der Waals surface area contributed by atoms with Crippen LogP contribution in [0, 0.1) is 0 Å². The number of hydrogen-bond donors (Lipinski definition) is 1. The Morgan fingerprint density at radius 2 is 2.15 bits per heavy atom. The first-order valence-electron chi connectivity index (χ1n) is 4.15. The number of amides is 1. The first-order chi connectivity index (χ1) is 6.24. The van der Waals surface area contributed by atoms with Gasteiger partial charge < -0.3 is 5.32 Å². The molecule has 0 fully saturated rings. The summed E-state index contributed by atoms with van der Waals surface area (Å²) < 4.78 is 0. The van der Waals surface area contributed by atoms with Crippen molar-refractivity contribution in [3.63, 3.8) is 0 Å². The third-order valence-electron chi connectivity index (χ3n) is 1.69. The fourth-order valence-electron chi connectivity index (χ4n) is 1.15. The predicted molar refractivity (Wildman–Crippen MR) is 55.2 cm³/mol. The van der Waals surface area contributed by atoms with Crippen LogP contribution in [0.5, 0.6) is 0 Å². The van der Waals surface area contributed by atoms with Crippen molar-refractivity contribution in [1.82, 2.24) is 0 Å². The van der Waals surface area contributed by atoms with Gasteiger partial charge in [0.25, 0.3) is 0 Å². The van der Waals surface area contributed by atoms with E-state index in [4.69, 9.17) is 11.6 Å². The summed E-state index contributed by atoms with van der Waals surface area (Å²) in [5.74, 6) is 0.512. The van der Waals surface area contributed by atoms with Crippen molar-refractivity contribution in [2.75, 3.05) is 11.2 Å². The van der Waals surface area contributed by atoms with Crippen molar-refractivity contribution in [3.8, 4) is 0 Å². The second-order valence-corrected chi connectivity index (χ2v) is 3.16. The second-order valence-electron chi connectivity index (χ2n) is 2.78. The maximum atomic E-state index is 10.8. The molecular weight excluding hydrogens is 186 g/mol. The summed E-state index contributed by atoms with van der Waals surface area (Å²) in [5.41, 5.74) is 1.93. The van der Waals surface area contributed by atoms with E-state index in [9.17, 15) is 4.79 Å². The molecule has 13 heavy (non-hydrogen) atoms. The Kier molecular flexibility index (Phi) is 3.77. The van der Waals surface area contributed by atoms with Gasteiger partial charge >= 0.3 is 0 Å². The van der Waals surface area contributed by atoms with Crippen LogP contribution >= 0.6 is 11.6 Å². The lowest BCUT2D eigenvalue weighted by Gasteiger charge is -2.07. The summed E-state index contributed by atoms with van der Waals surface area (Å²) in [6.07, 6.45) is 0.776. The van der Waals surface area contributed by atoms with Crippen molar-refractivity contribution >= 4 is 23.2 Å². The van der Waals surface area contributed by atoms with E-state index in [2.05, 4.69) is 5.32 Å². The molecule has 0 aromatic heterocycles. The molecule has 0 aliphatic carbocycles. The number of hydrogen-bond acceptors (Lipinski definition) is 1. The van der Waals surface area contributed by atoms with Crippen LogP contribution in [-0.2, 0) is 11.2 Å². The lowest BCUT2D eigenvalue weighted by molar-refractivity contribution is -0.114.